The second-order valence-corrected chi connectivity index (χ2v) is 7.04. The SMILES string of the molecule is Cc1cccn2cc(-c3cccc(NC(=O)Cc4ccc5c(c4)OCO5)c3)nc12. The van der Waals surface area contributed by atoms with E-state index < -0.39 is 0 Å². The maximum Gasteiger partial charge on any atom is 0.231 e. The molecular formula is C23H19N3O3. The van der Waals surface area contributed by atoms with Crippen LogP contribution in [0, 0.1) is 6.92 Å². The predicted molar refractivity (Wildman–Crippen MR) is 110 cm³/mol. The number of nitrogens with one attached hydrogen (secondary N) is 1. The topological polar surface area (TPSA) is 64.9 Å². The summed E-state index contributed by atoms with van der Waals surface area (Å²) in [5.74, 6) is 1.30. The molecule has 0 aliphatic carbocycles. The summed E-state index contributed by atoms with van der Waals surface area (Å²) >= 11 is 0. The van der Waals surface area contributed by atoms with Gasteiger partial charge in [0.15, 0.2) is 11.5 Å². The second kappa shape index (κ2) is 6.98. The molecule has 0 unspecified atom stereocenters. The van der Waals surface area contributed by atoms with Gasteiger partial charge in [-0.3, -0.25) is 4.79 Å². The van der Waals surface area contributed by atoms with Crippen LogP contribution in [0.4, 0.5) is 5.69 Å². The second-order valence-electron chi connectivity index (χ2n) is 7.04. The van der Waals surface area contributed by atoms with Crippen molar-refractivity contribution in [2.75, 3.05) is 12.1 Å². The number of pyridine rings is 1. The maximum atomic E-state index is 12.5. The molecule has 1 N–H and O–H groups in total. The van der Waals surface area contributed by atoms with Crippen molar-refractivity contribution >= 4 is 17.2 Å². The van der Waals surface area contributed by atoms with Crippen LogP contribution in [-0.4, -0.2) is 22.1 Å². The summed E-state index contributed by atoms with van der Waals surface area (Å²) < 4.78 is 12.7. The van der Waals surface area contributed by atoms with Crippen LogP contribution >= 0.6 is 0 Å². The first-order chi connectivity index (χ1) is 14.2. The molecular weight excluding hydrogens is 366 g/mol. The Morgan fingerprint density at radius 3 is 2.90 bits per heavy atom. The van der Waals surface area contributed by atoms with Gasteiger partial charge in [0.25, 0.3) is 0 Å². The van der Waals surface area contributed by atoms with E-state index in [0.29, 0.717) is 11.5 Å². The van der Waals surface area contributed by atoms with Gasteiger partial charge in [-0.15, -0.1) is 0 Å². The molecule has 0 fully saturated rings. The van der Waals surface area contributed by atoms with Crippen LogP contribution in [0.1, 0.15) is 11.1 Å². The minimum atomic E-state index is -0.0909. The number of hydrogen-bond acceptors (Lipinski definition) is 4. The van der Waals surface area contributed by atoms with E-state index in [1.807, 2.05) is 78.3 Å². The van der Waals surface area contributed by atoms with Gasteiger partial charge in [0.05, 0.1) is 12.1 Å². The Labute approximate surface area is 167 Å². The number of carbonyl (C=O) groups excluding carboxylic acids is 1. The first-order valence-electron chi connectivity index (χ1n) is 9.39. The van der Waals surface area contributed by atoms with E-state index in [1.165, 1.54) is 0 Å². The van der Waals surface area contributed by atoms with Gasteiger partial charge in [-0.05, 0) is 48.4 Å². The molecule has 2 aromatic carbocycles. The fraction of sp³-hybridized carbons (Fsp3) is 0.130. The van der Waals surface area contributed by atoms with Crippen LogP contribution in [0.25, 0.3) is 16.9 Å². The van der Waals surface area contributed by atoms with E-state index in [9.17, 15) is 4.79 Å². The van der Waals surface area contributed by atoms with Gasteiger partial charge in [0.1, 0.15) is 5.65 Å². The van der Waals surface area contributed by atoms with Gasteiger partial charge >= 0.3 is 0 Å². The highest BCUT2D eigenvalue weighted by atomic mass is 16.7. The highest BCUT2D eigenvalue weighted by molar-refractivity contribution is 5.93. The molecule has 1 aliphatic rings. The molecule has 1 aliphatic heterocycles. The van der Waals surface area contributed by atoms with Crippen molar-refractivity contribution in [3.63, 3.8) is 0 Å². The third kappa shape index (κ3) is 3.40. The van der Waals surface area contributed by atoms with E-state index >= 15 is 0 Å². The minimum Gasteiger partial charge on any atom is -0.454 e. The van der Waals surface area contributed by atoms with E-state index in [0.717, 1.165) is 33.7 Å². The van der Waals surface area contributed by atoms with Crippen molar-refractivity contribution in [2.24, 2.45) is 0 Å². The zero-order valence-electron chi connectivity index (χ0n) is 15.9. The van der Waals surface area contributed by atoms with Crippen LogP contribution in [0.15, 0.2) is 67.0 Å². The maximum absolute atomic E-state index is 12.5. The highest BCUT2D eigenvalue weighted by Gasteiger charge is 2.15. The van der Waals surface area contributed by atoms with Crippen molar-refractivity contribution in [1.29, 1.82) is 0 Å². The van der Waals surface area contributed by atoms with Gasteiger partial charge in [-0.1, -0.05) is 24.3 Å². The Morgan fingerprint density at radius 2 is 2.00 bits per heavy atom. The number of anilines is 1. The Bertz CT molecular complexity index is 1230. The third-order valence-corrected chi connectivity index (χ3v) is 4.92. The molecule has 3 heterocycles. The summed E-state index contributed by atoms with van der Waals surface area (Å²) in [5, 5.41) is 2.97. The summed E-state index contributed by atoms with van der Waals surface area (Å²) in [7, 11) is 0. The molecule has 0 saturated heterocycles. The number of benzene rings is 2. The lowest BCUT2D eigenvalue weighted by molar-refractivity contribution is -0.115. The largest absolute Gasteiger partial charge is 0.454 e. The molecule has 0 radical (unpaired) electrons. The number of aryl methyl sites for hydroxylation is 1. The number of aromatic nitrogens is 2. The zero-order valence-corrected chi connectivity index (χ0v) is 15.9. The van der Waals surface area contributed by atoms with E-state index in [-0.39, 0.29) is 19.1 Å². The van der Waals surface area contributed by atoms with Crippen molar-refractivity contribution < 1.29 is 14.3 Å². The van der Waals surface area contributed by atoms with Gasteiger partial charge in [-0.25, -0.2) is 4.98 Å². The lowest BCUT2D eigenvalue weighted by Crippen LogP contribution is -2.14. The van der Waals surface area contributed by atoms with Gasteiger partial charge in [-0.2, -0.15) is 0 Å². The summed E-state index contributed by atoms with van der Waals surface area (Å²) in [6.45, 7) is 2.26. The van der Waals surface area contributed by atoms with E-state index in [1.54, 1.807) is 0 Å². The fourth-order valence-electron chi connectivity index (χ4n) is 3.49. The van der Waals surface area contributed by atoms with Crippen LogP contribution in [0.5, 0.6) is 11.5 Å². The number of amides is 1. The zero-order chi connectivity index (χ0) is 19.8. The Balaban J connectivity index is 1.34. The normalized spacial score (nSPS) is 12.3. The Morgan fingerprint density at radius 1 is 1.10 bits per heavy atom. The summed E-state index contributed by atoms with van der Waals surface area (Å²) in [6, 6.07) is 17.3. The number of rotatable bonds is 4. The van der Waals surface area contributed by atoms with E-state index in [2.05, 4.69) is 5.32 Å². The molecule has 2 aromatic heterocycles. The van der Waals surface area contributed by atoms with Gasteiger partial charge in [0, 0.05) is 23.6 Å². The van der Waals surface area contributed by atoms with Crippen LogP contribution in [-0.2, 0) is 11.2 Å². The predicted octanol–water partition coefficient (Wildman–Crippen LogP) is 4.22. The quantitative estimate of drug-likeness (QED) is 0.571. The van der Waals surface area contributed by atoms with E-state index in [4.69, 9.17) is 14.5 Å². The smallest absolute Gasteiger partial charge is 0.231 e. The third-order valence-electron chi connectivity index (χ3n) is 4.92. The first-order valence-corrected chi connectivity index (χ1v) is 9.39. The fourth-order valence-corrected chi connectivity index (χ4v) is 3.49. The molecule has 6 heteroatoms. The molecule has 1 amide bonds. The average molecular weight is 385 g/mol. The van der Waals surface area contributed by atoms with Crippen LogP contribution in [0.3, 0.4) is 0 Å². The molecule has 0 atom stereocenters. The molecule has 0 bridgehead atoms. The number of carbonyl (C=O) groups is 1. The number of ether oxygens (including phenoxy) is 2. The van der Waals surface area contributed by atoms with Crippen LogP contribution in [0.2, 0.25) is 0 Å². The standard InChI is InChI=1S/C23H19N3O3/c1-15-4-3-9-26-13-19(25-23(15)26)17-5-2-6-18(12-17)24-22(27)11-16-7-8-20-21(10-16)29-14-28-20/h2-10,12-13H,11,14H2,1H3,(H,24,27). The highest BCUT2D eigenvalue weighted by Crippen LogP contribution is 2.32. The average Bonchev–Trinajstić information content (AvgIpc) is 3.35. The summed E-state index contributed by atoms with van der Waals surface area (Å²) in [5.41, 5.74) is 5.48. The summed E-state index contributed by atoms with van der Waals surface area (Å²) in [4.78, 5) is 17.2. The number of fused-ring (bicyclic) bond motifs is 2. The molecule has 29 heavy (non-hydrogen) atoms. The molecule has 0 saturated carbocycles. The van der Waals surface area contributed by atoms with Crippen molar-refractivity contribution in [2.45, 2.75) is 13.3 Å². The molecule has 4 aromatic rings. The minimum absolute atomic E-state index is 0.0909. The van der Waals surface area contributed by atoms with Crippen molar-refractivity contribution in [1.82, 2.24) is 9.38 Å². The lowest BCUT2D eigenvalue weighted by Gasteiger charge is -2.07. The van der Waals surface area contributed by atoms with Crippen molar-refractivity contribution in [3.8, 4) is 22.8 Å². The Hall–Kier alpha value is -3.80. The molecule has 144 valence electrons. The van der Waals surface area contributed by atoms with Gasteiger partial charge in [0.2, 0.25) is 12.7 Å². The number of imidazole rings is 1. The first kappa shape index (κ1) is 17.3. The summed E-state index contributed by atoms with van der Waals surface area (Å²) in [6.07, 6.45) is 4.24. The van der Waals surface area contributed by atoms with Crippen LogP contribution < -0.4 is 14.8 Å². The van der Waals surface area contributed by atoms with Gasteiger partial charge < -0.3 is 19.2 Å². The number of nitrogens with zero attached hydrogens (tertiary/aromatic N) is 2. The van der Waals surface area contributed by atoms with Crippen molar-refractivity contribution in [3.05, 3.63) is 78.1 Å². The Kier molecular flexibility index (Phi) is 4.17. The molecule has 6 nitrogen and oxygen atoms in total. The number of hydrogen-bond donors (Lipinski definition) is 1. The molecule has 0 spiro atoms. The monoisotopic (exact) mass is 385 g/mol. The molecule has 5 rings (SSSR count). The lowest BCUT2D eigenvalue weighted by atomic mass is 10.1.